The van der Waals surface area contributed by atoms with Gasteiger partial charge < -0.3 is 5.32 Å². The third-order valence-corrected chi connectivity index (χ3v) is 3.31. The van der Waals surface area contributed by atoms with Gasteiger partial charge in [-0.15, -0.1) is 0 Å². The Morgan fingerprint density at radius 1 is 1.31 bits per heavy atom. The van der Waals surface area contributed by atoms with Crippen molar-refractivity contribution in [3.8, 4) is 0 Å². The summed E-state index contributed by atoms with van der Waals surface area (Å²) in [6.07, 6.45) is 7.38. The highest BCUT2D eigenvalue weighted by molar-refractivity contribution is 6.33. The van der Waals surface area contributed by atoms with Crippen molar-refractivity contribution >= 4 is 22.9 Å². The molecular formula is C14H18ClN. The fraction of sp³-hybridized carbons (Fsp3) is 0.429. The summed E-state index contributed by atoms with van der Waals surface area (Å²) in [5.41, 5.74) is 3.77. The van der Waals surface area contributed by atoms with Gasteiger partial charge >= 0.3 is 0 Å². The molecule has 1 nitrogen and oxygen atoms in total. The number of halogens is 1. The van der Waals surface area contributed by atoms with E-state index in [4.69, 9.17) is 11.6 Å². The number of hydrogen-bond acceptors (Lipinski definition) is 1. The van der Waals surface area contributed by atoms with Crippen LogP contribution in [0.15, 0.2) is 24.3 Å². The predicted molar refractivity (Wildman–Crippen MR) is 72.1 cm³/mol. The van der Waals surface area contributed by atoms with Crippen LogP contribution in [0, 0.1) is 0 Å². The Labute approximate surface area is 103 Å². The van der Waals surface area contributed by atoms with Crippen LogP contribution in [0.25, 0.3) is 5.57 Å². The van der Waals surface area contributed by atoms with Crippen LogP contribution < -0.4 is 5.32 Å². The lowest BCUT2D eigenvalue weighted by atomic mass is 9.94. The van der Waals surface area contributed by atoms with Crippen molar-refractivity contribution in [1.29, 1.82) is 0 Å². The number of nitrogens with one attached hydrogen (secondary N) is 1. The second-order valence-electron chi connectivity index (χ2n) is 4.20. The molecule has 0 aromatic heterocycles. The van der Waals surface area contributed by atoms with E-state index >= 15 is 0 Å². The first-order chi connectivity index (χ1) is 7.81. The molecule has 0 unspecified atom stereocenters. The number of hydrogen-bond donors (Lipinski definition) is 1. The summed E-state index contributed by atoms with van der Waals surface area (Å²) >= 11 is 6.24. The highest BCUT2D eigenvalue weighted by Crippen LogP contribution is 2.31. The number of benzene rings is 1. The summed E-state index contributed by atoms with van der Waals surface area (Å²) in [4.78, 5) is 0. The summed E-state index contributed by atoms with van der Waals surface area (Å²) in [6.45, 7) is 2.98. The van der Waals surface area contributed by atoms with Gasteiger partial charge in [0.2, 0.25) is 0 Å². The SMILES string of the molecule is CCNc1ccc(C2=CCCCC2)cc1Cl. The van der Waals surface area contributed by atoms with Gasteiger partial charge in [-0.3, -0.25) is 0 Å². The zero-order chi connectivity index (χ0) is 11.4. The Morgan fingerprint density at radius 3 is 2.81 bits per heavy atom. The van der Waals surface area contributed by atoms with Crippen LogP contribution in [0.3, 0.4) is 0 Å². The molecule has 0 bridgehead atoms. The molecular weight excluding hydrogens is 218 g/mol. The third-order valence-electron chi connectivity index (χ3n) is 3.00. The molecule has 1 aliphatic carbocycles. The quantitative estimate of drug-likeness (QED) is 0.799. The van der Waals surface area contributed by atoms with Crippen LogP contribution in [-0.4, -0.2) is 6.54 Å². The predicted octanol–water partition coefficient (Wildman–Crippen LogP) is 4.73. The largest absolute Gasteiger partial charge is 0.384 e. The fourth-order valence-corrected chi connectivity index (χ4v) is 2.40. The van der Waals surface area contributed by atoms with E-state index in [-0.39, 0.29) is 0 Å². The van der Waals surface area contributed by atoms with Crippen molar-refractivity contribution in [1.82, 2.24) is 0 Å². The average Bonchev–Trinajstić information content (AvgIpc) is 2.33. The van der Waals surface area contributed by atoms with Crippen LogP contribution in [-0.2, 0) is 0 Å². The van der Waals surface area contributed by atoms with Gasteiger partial charge in [0.1, 0.15) is 0 Å². The van der Waals surface area contributed by atoms with E-state index < -0.39 is 0 Å². The van der Waals surface area contributed by atoms with Gasteiger partial charge in [0.25, 0.3) is 0 Å². The van der Waals surface area contributed by atoms with Crippen molar-refractivity contribution < 1.29 is 0 Å². The van der Waals surface area contributed by atoms with Crippen molar-refractivity contribution in [2.75, 3.05) is 11.9 Å². The van der Waals surface area contributed by atoms with Crippen molar-refractivity contribution in [3.63, 3.8) is 0 Å². The minimum Gasteiger partial charge on any atom is -0.384 e. The summed E-state index contributed by atoms with van der Waals surface area (Å²) in [5, 5.41) is 4.08. The first kappa shape index (κ1) is 11.5. The van der Waals surface area contributed by atoms with Crippen LogP contribution in [0.5, 0.6) is 0 Å². The van der Waals surface area contributed by atoms with E-state index in [0.717, 1.165) is 17.3 Å². The molecule has 2 rings (SSSR count). The Bertz CT molecular complexity index is 396. The molecule has 0 saturated carbocycles. The number of allylic oxidation sites excluding steroid dienone is 2. The van der Waals surface area contributed by atoms with Gasteiger partial charge in [-0.25, -0.2) is 0 Å². The Hall–Kier alpha value is -0.950. The monoisotopic (exact) mass is 235 g/mol. The second kappa shape index (κ2) is 5.40. The molecule has 0 radical (unpaired) electrons. The normalized spacial score (nSPS) is 15.8. The Morgan fingerprint density at radius 2 is 2.19 bits per heavy atom. The van der Waals surface area contributed by atoms with Gasteiger partial charge in [-0.05, 0) is 55.9 Å². The van der Waals surface area contributed by atoms with Crippen LogP contribution in [0.2, 0.25) is 5.02 Å². The van der Waals surface area contributed by atoms with Crippen LogP contribution >= 0.6 is 11.6 Å². The van der Waals surface area contributed by atoms with Gasteiger partial charge in [0.15, 0.2) is 0 Å². The van der Waals surface area contributed by atoms with E-state index in [1.807, 2.05) is 0 Å². The lowest BCUT2D eigenvalue weighted by Gasteiger charge is -2.14. The maximum atomic E-state index is 6.24. The summed E-state index contributed by atoms with van der Waals surface area (Å²) in [7, 11) is 0. The summed E-state index contributed by atoms with van der Waals surface area (Å²) < 4.78 is 0. The van der Waals surface area contributed by atoms with E-state index in [2.05, 4.69) is 36.5 Å². The van der Waals surface area contributed by atoms with Crippen LogP contribution in [0.1, 0.15) is 38.2 Å². The molecule has 0 heterocycles. The zero-order valence-electron chi connectivity index (χ0n) is 9.72. The minimum atomic E-state index is 0.825. The summed E-state index contributed by atoms with van der Waals surface area (Å²) in [6, 6.07) is 6.33. The third kappa shape index (κ3) is 2.59. The molecule has 1 aliphatic rings. The number of anilines is 1. The number of rotatable bonds is 3. The molecule has 0 fully saturated rings. The second-order valence-corrected chi connectivity index (χ2v) is 4.61. The highest BCUT2D eigenvalue weighted by Gasteiger charge is 2.08. The molecule has 2 heteroatoms. The molecule has 0 amide bonds. The van der Waals surface area contributed by atoms with E-state index in [1.165, 1.54) is 36.8 Å². The lowest BCUT2D eigenvalue weighted by Crippen LogP contribution is -1.98. The van der Waals surface area contributed by atoms with Crippen LogP contribution in [0.4, 0.5) is 5.69 Å². The first-order valence-electron chi connectivity index (χ1n) is 6.04. The molecule has 0 saturated heterocycles. The van der Waals surface area contributed by atoms with E-state index in [1.54, 1.807) is 0 Å². The molecule has 0 atom stereocenters. The molecule has 0 spiro atoms. The first-order valence-corrected chi connectivity index (χ1v) is 6.42. The maximum Gasteiger partial charge on any atom is 0.0643 e. The van der Waals surface area contributed by atoms with E-state index in [9.17, 15) is 0 Å². The van der Waals surface area contributed by atoms with Gasteiger partial charge in [0.05, 0.1) is 10.7 Å². The molecule has 1 aromatic rings. The average molecular weight is 236 g/mol. The fourth-order valence-electron chi connectivity index (χ4n) is 2.15. The van der Waals surface area contributed by atoms with Crippen molar-refractivity contribution in [2.24, 2.45) is 0 Å². The topological polar surface area (TPSA) is 12.0 Å². The smallest absolute Gasteiger partial charge is 0.0643 e. The Kier molecular flexibility index (Phi) is 3.89. The van der Waals surface area contributed by atoms with Gasteiger partial charge in [-0.1, -0.05) is 23.7 Å². The molecule has 0 aliphatic heterocycles. The Balaban J connectivity index is 2.23. The minimum absolute atomic E-state index is 0.825. The van der Waals surface area contributed by atoms with Gasteiger partial charge in [-0.2, -0.15) is 0 Å². The zero-order valence-corrected chi connectivity index (χ0v) is 10.5. The van der Waals surface area contributed by atoms with Crippen molar-refractivity contribution in [2.45, 2.75) is 32.6 Å². The molecule has 1 aromatic carbocycles. The molecule has 86 valence electrons. The van der Waals surface area contributed by atoms with E-state index in [0.29, 0.717) is 0 Å². The lowest BCUT2D eigenvalue weighted by molar-refractivity contribution is 0.742. The molecule has 16 heavy (non-hydrogen) atoms. The van der Waals surface area contributed by atoms with Crippen molar-refractivity contribution in [3.05, 3.63) is 34.9 Å². The summed E-state index contributed by atoms with van der Waals surface area (Å²) in [5.74, 6) is 0. The van der Waals surface area contributed by atoms with Gasteiger partial charge in [0, 0.05) is 6.54 Å². The molecule has 1 N–H and O–H groups in total. The maximum absolute atomic E-state index is 6.24. The highest BCUT2D eigenvalue weighted by atomic mass is 35.5. The standard InChI is InChI=1S/C14H18ClN/c1-2-16-14-9-8-12(10-13(14)15)11-6-4-3-5-7-11/h6,8-10,16H,2-5,7H2,1H3.